The van der Waals surface area contributed by atoms with Crippen LogP contribution in [0.3, 0.4) is 0 Å². The van der Waals surface area contributed by atoms with Gasteiger partial charge in [0, 0.05) is 38.6 Å². The van der Waals surface area contributed by atoms with Crippen molar-refractivity contribution in [3.05, 3.63) is 36.8 Å². The monoisotopic (exact) mass is 487 g/mol. The van der Waals surface area contributed by atoms with Crippen molar-refractivity contribution in [1.82, 2.24) is 24.6 Å². The number of carbonyl (C=O) groups excluding carboxylic acids is 1. The summed E-state index contributed by atoms with van der Waals surface area (Å²) in [5.41, 5.74) is 1.23. The van der Waals surface area contributed by atoms with Crippen LogP contribution in [0.25, 0.3) is 16.7 Å². The van der Waals surface area contributed by atoms with Crippen LogP contribution in [-0.2, 0) is 19.3 Å². The molecule has 0 saturated carbocycles. The first kappa shape index (κ1) is 22.5. The summed E-state index contributed by atoms with van der Waals surface area (Å²) < 4.78 is 42.0. The lowest BCUT2D eigenvalue weighted by Gasteiger charge is -2.31. The van der Waals surface area contributed by atoms with Crippen molar-refractivity contribution < 1.29 is 27.4 Å². The van der Waals surface area contributed by atoms with E-state index in [9.17, 15) is 13.2 Å². The number of benzene rings is 1. The summed E-state index contributed by atoms with van der Waals surface area (Å²) in [5, 5.41) is 5.05. The predicted octanol–water partition coefficient (Wildman–Crippen LogP) is 1.99. The molecule has 2 aliphatic rings. The first-order valence-electron chi connectivity index (χ1n) is 11.1. The van der Waals surface area contributed by atoms with Crippen LogP contribution >= 0.6 is 0 Å². The highest BCUT2D eigenvalue weighted by atomic mass is 32.2. The van der Waals surface area contributed by atoms with E-state index in [1.165, 1.54) is 24.7 Å². The Bertz CT molecular complexity index is 1280. The quantitative estimate of drug-likeness (QED) is 0.531. The average molecular weight is 488 g/mol. The molecule has 2 fully saturated rings. The highest BCUT2D eigenvalue weighted by Crippen LogP contribution is 2.27. The average Bonchev–Trinajstić information content (AvgIpc) is 3.49. The molecule has 0 radical (unpaired) electrons. The van der Waals surface area contributed by atoms with Gasteiger partial charge >= 0.3 is 6.09 Å². The van der Waals surface area contributed by atoms with Crippen molar-refractivity contribution in [2.45, 2.75) is 36.4 Å². The lowest BCUT2D eigenvalue weighted by Crippen LogP contribution is -2.43. The van der Waals surface area contributed by atoms with Gasteiger partial charge in [-0.2, -0.15) is 5.10 Å². The summed E-state index contributed by atoms with van der Waals surface area (Å²) in [4.78, 5) is 22.9. The largest absolute Gasteiger partial charge is 0.474 e. The minimum absolute atomic E-state index is 0.102. The molecule has 12 heteroatoms. The molecule has 180 valence electrons. The van der Waals surface area contributed by atoms with Gasteiger partial charge in [0.15, 0.2) is 15.5 Å². The normalized spacial score (nSPS) is 19.4. The van der Waals surface area contributed by atoms with Gasteiger partial charge in [0.25, 0.3) is 0 Å². The highest BCUT2D eigenvalue weighted by Gasteiger charge is 2.28. The van der Waals surface area contributed by atoms with Gasteiger partial charge < -0.3 is 19.1 Å². The molecule has 1 aromatic carbocycles. The third-order valence-electron chi connectivity index (χ3n) is 5.97. The van der Waals surface area contributed by atoms with E-state index < -0.39 is 9.84 Å². The predicted molar refractivity (Wildman–Crippen MR) is 121 cm³/mol. The van der Waals surface area contributed by atoms with Gasteiger partial charge in [0.05, 0.1) is 30.0 Å². The standard InChI is InChI=1S/C22H25N5O6S/c1-34(29,30)18-4-2-15(3-5-18)27-20-19(12-25-27)21(24-14-23-20)32-16-6-9-26(10-7-16)22(28)33-17-8-11-31-13-17/h2-5,12,14,16-17H,6-11,13H2,1H3. The van der Waals surface area contributed by atoms with Crippen LogP contribution < -0.4 is 4.74 Å². The number of piperidine rings is 1. The SMILES string of the molecule is CS(=O)(=O)c1ccc(-n2ncc3c(OC4CCN(C(=O)OC5CCOC5)CC4)ncnc32)cc1. The molecule has 4 heterocycles. The lowest BCUT2D eigenvalue weighted by molar-refractivity contribution is 0.0369. The summed E-state index contributed by atoms with van der Waals surface area (Å²) in [5.74, 6) is 0.424. The molecule has 2 saturated heterocycles. The fourth-order valence-electron chi connectivity index (χ4n) is 4.08. The first-order valence-corrected chi connectivity index (χ1v) is 13.0. The molecule has 0 aliphatic carbocycles. The van der Waals surface area contributed by atoms with Crippen LogP contribution in [0.15, 0.2) is 41.7 Å². The summed E-state index contributed by atoms with van der Waals surface area (Å²) >= 11 is 0. The van der Waals surface area contributed by atoms with Crippen molar-refractivity contribution in [2.24, 2.45) is 0 Å². The molecule has 1 unspecified atom stereocenters. The van der Waals surface area contributed by atoms with Gasteiger partial charge in [-0.1, -0.05) is 0 Å². The summed E-state index contributed by atoms with van der Waals surface area (Å²) in [6.45, 7) is 2.17. The van der Waals surface area contributed by atoms with E-state index >= 15 is 0 Å². The number of fused-ring (bicyclic) bond motifs is 1. The lowest BCUT2D eigenvalue weighted by atomic mass is 10.1. The number of carbonyl (C=O) groups is 1. The maximum absolute atomic E-state index is 12.3. The second-order valence-corrected chi connectivity index (χ2v) is 10.4. The van der Waals surface area contributed by atoms with Crippen molar-refractivity contribution in [3.8, 4) is 11.6 Å². The highest BCUT2D eigenvalue weighted by molar-refractivity contribution is 7.90. The number of amides is 1. The topological polar surface area (TPSA) is 126 Å². The Balaban J connectivity index is 1.26. The molecule has 2 aliphatic heterocycles. The third-order valence-corrected chi connectivity index (χ3v) is 7.10. The molecule has 5 rings (SSSR count). The van der Waals surface area contributed by atoms with Gasteiger partial charge in [-0.05, 0) is 24.3 Å². The summed E-state index contributed by atoms with van der Waals surface area (Å²) in [6.07, 6.45) is 5.70. The number of rotatable bonds is 5. The maximum atomic E-state index is 12.3. The van der Waals surface area contributed by atoms with Gasteiger partial charge in [-0.3, -0.25) is 0 Å². The molecule has 0 N–H and O–H groups in total. The van der Waals surface area contributed by atoms with Crippen LogP contribution in [-0.4, -0.2) is 83.9 Å². The fraction of sp³-hybridized carbons (Fsp3) is 0.455. The number of hydrogen-bond acceptors (Lipinski definition) is 9. The van der Waals surface area contributed by atoms with E-state index in [4.69, 9.17) is 14.2 Å². The molecule has 0 bridgehead atoms. The van der Waals surface area contributed by atoms with Crippen molar-refractivity contribution >= 4 is 27.0 Å². The van der Waals surface area contributed by atoms with Crippen LogP contribution in [0.1, 0.15) is 19.3 Å². The Kier molecular flexibility index (Phi) is 6.09. The van der Waals surface area contributed by atoms with E-state index in [-0.39, 0.29) is 23.2 Å². The molecule has 0 spiro atoms. The fourth-order valence-corrected chi connectivity index (χ4v) is 4.71. The van der Waals surface area contributed by atoms with Crippen molar-refractivity contribution in [3.63, 3.8) is 0 Å². The number of aromatic nitrogens is 4. The zero-order valence-corrected chi connectivity index (χ0v) is 19.5. The Morgan fingerprint density at radius 2 is 1.85 bits per heavy atom. The van der Waals surface area contributed by atoms with Crippen molar-refractivity contribution in [2.75, 3.05) is 32.6 Å². The second-order valence-electron chi connectivity index (χ2n) is 8.41. The van der Waals surface area contributed by atoms with Gasteiger partial charge in [0.2, 0.25) is 5.88 Å². The Labute approximate surface area is 196 Å². The number of ether oxygens (including phenoxy) is 3. The van der Waals surface area contributed by atoms with Gasteiger partial charge in [0.1, 0.15) is 23.9 Å². The minimum Gasteiger partial charge on any atom is -0.474 e. The van der Waals surface area contributed by atoms with Crippen LogP contribution in [0.2, 0.25) is 0 Å². The van der Waals surface area contributed by atoms with Gasteiger partial charge in [-0.15, -0.1) is 0 Å². The molecule has 2 aromatic heterocycles. The first-order chi connectivity index (χ1) is 16.4. The van der Waals surface area contributed by atoms with Gasteiger partial charge in [-0.25, -0.2) is 27.9 Å². The van der Waals surface area contributed by atoms with E-state index in [0.29, 0.717) is 61.7 Å². The molecule has 34 heavy (non-hydrogen) atoms. The zero-order valence-electron chi connectivity index (χ0n) is 18.7. The van der Waals surface area contributed by atoms with E-state index in [2.05, 4.69) is 15.1 Å². The molecule has 1 amide bonds. The van der Waals surface area contributed by atoms with E-state index in [1.807, 2.05) is 0 Å². The maximum Gasteiger partial charge on any atom is 0.410 e. The Hall–Kier alpha value is -3.25. The summed E-state index contributed by atoms with van der Waals surface area (Å²) in [7, 11) is -3.28. The number of hydrogen-bond donors (Lipinski definition) is 0. The van der Waals surface area contributed by atoms with Crippen LogP contribution in [0.4, 0.5) is 4.79 Å². The Morgan fingerprint density at radius 1 is 1.09 bits per heavy atom. The van der Waals surface area contributed by atoms with Crippen LogP contribution in [0, 0.1) is 0 Å². The molecular formula is C22H25N5O6S. The molecule has 3 aromatic rings. The minimum atomic E-state index is -3.28. The number of nitrogens with zero attached hydrogens (tertiary/aromatic N) is 5. The van der Waals surface area contributed by atoms with Crippen LogP contribution in [0.5, 0.6) is 5.88 Å². The number of likely N-dealkylation sites (tertiary alicyclic amines) is 1. The molecule has 1 atom stereocenters. The van der Waals surface area contributed by atoms with E-state index in [0.717, 1.165) is 6.42 Å². The Morgan fingerprint density at radius 3 is 2.53 bits per heavy atom. The number of sulfone groups is 1. The molecular weight excluding hydrogens is 462 g/mol. The molecule has 11 nitrogen and oxygen atoms in total. The smallest absolute Gasteiger partial charge is 0.410 e. The second kappa shape index (κ2) is 9.18. The third kappa shape index (κ3) is 4.68. The van der Waals surface area contributed by atoms with Crippen molar-refractivity contribution in [1.29, 1.82) is 0 Å². The summed E-state index contributed by atoms with van der Waals surface area (Å²) in [6, 6.07) is 6.43. The van der Waals surface area contributed by atoms with E-state index in [1.54, 1.807) is 27.9 Å². The zero-order chi connectivity index (χ0) is 23.7.